The fourth-order valence-electron chi connectivity index (χ4n) is 1.02. The third kappa shape index (κ3) is 4.14. The van der Waals surface area contributed by atoms with Crippen molar-refractivity contribution in [2.75, 3.05) is 0 Å². The van der Waals surface area contributed by atoms with Gasteiger partial charge in [0.2, 0.25) is 0 Å². The molecule has 0 radical (unpaired) electrons. The first-order chi connectivity index (χ1) is 5.61. The minimum atomic E-state index is -0.442. The summed E-state index contributed by atoms with van der Waals surface area (Å²) in [6.45, 7) is 9.60. The minimum absolute atomic E-state index is 0.0335. The van der Waals surface area contributed by atoms with E-state index in [2.05, 4.69) is 6.58 Å². The Balaban J connectivity index is 4.34. The normalized spacial score (nSPS) is 15.7. The molecular formula is C11H18O. The lowest BCUT2D eigenvalue weighted by Gasteiger charge is -2.12. The number of hydrogen-bond donors (Lipinski definition) is 1. The van der Waals surface area contributed by atoms with E-state index < -0.39 is 6.10 Å². The van der Waals surface area contributed by atoms with Crippen molar-refractivity contribution in [2.45, 2.75) is 26.9 Å². The smallest absolute Gasteiger partial charge is 0.0817 e. The Morgan fingerprint density at radius 2 is 2.00 bits per heavy atom. The van der Waals surface area contributed by atoms with Gasteiger partial charge in [-0.25, -0.2) is 0 Å². The van der Waals surface area contributed by atoms with Gasteiger partial charge in [0.25, 0.3) is 0 Å². The van der Waals surface area contributed by atoms with Gasteiger partial charge in [0.05, 0.1) is 6.10 Å². The predicted molar refractivity (Wildman–Crippen MR) is 53.9 cm³/mol. The first-order valence-corrected chi connectivity index (χ1v) is 4.20. The number of rotatable bonds is 4. The van der Waals surface area contributed by atoms with Crippen LogP contribution >= 0.6 is 0 Å². The molecule has 2 atom stereocenters. The highest BCUT2D eigenvalue weighted by atomic mass is 16.3. The second kappa shape index (κ2) is 5.78. The molecule has 0 aromatic heterocycles. The van der Waals surface area contributed by atoms with Gasteiger partial charge in [-0.2, -0.15) is 0 Å². The lowest BCUT2D eigenvalue weighted by molar-refractivity contribution is 0.196. The summed E-state index contributed by atoms with van der Waals surface area (Å²) in [5, 5.41) is 9.56. The molecule has 0 fully saturated rings. The highest BCUT2D eigenvalue weighted by Gasteiger charge is 2.08. The van der Waals surface area contributed by atoms with Gasteiger partial charge in [-0.1, -0.05) is 29.9 Å². The Morgan fingerprint density at radius 1 is 1.42 bits per heavy atom. The first-order valence-electron chi connectivity index (χ1n) is 4.20. The summed E-state index contributed by atoms with van der Waals surface area (Å²) in [7, 11) is 0. The Labute approximate surface area is 75.1 Å². The van der Waals surface area contributed by atoms with E-state index in [0.717, 1.165) is 0 Å². The maximum Gasteiger partial charge on any atom is 0.0817 e. The van der Waals surface area contributed by atoms with E-state index in [0.29, 0.717) is 0 Å². The Morgan fingerprint density at radius 3 is 2.33 bits per heavy atom. The molecule has 1 N–H and O–H groups in total. The first kappa shape index (κ1) is 11.2. The zero-order chi connectivity index (χ0) is 9.56. The van der Waals surface area contributed by atoms with E-state index in [9.17, 15) is 5.11 Å². The average molecular weight is 166 g/mol. The van der Waals surface area contributed by atoms with E-state index in [4.69, 9.17) is 0 Å². The molecule has 0 spiro atoms. The molecule has 0 rings (SSSR count). The van der Waals surface area contributed by atoms with Gasteiger partial charge in [0.1, 0.15) is 0 Å². The van der Waals surface area contributed by atoms with Crippen LogP contribution in [0.3, 0.4) is 0 Å². The summed E-state index contributed by atoms with van der Waals surface area (Å²) < 4.78 is 0. The van der Waals surface area contributed by atoms with Crippen LogP contribution in [0.15, 0.2) is 36.5 Å². The molecule has 0 aliphatic carbocycles. The highest BCUT2D eigenvalue weighted by molar-refractivity contribution is 5.09. The topological polar surface area (TPSA) is 20.2 Å². The van der Waals surface area contributed by atoms with E-state index >= 15 is 0 Å². The predicted octanol–water partition coefficient (Wildman–Crippen LogP) is 2.69. The third-order valence-electron chi connectivity index (χ3n) is 1.58. The lowest BCUT2D eigenvalue weighted by Crippen LogP contribution is -2.13. The van der Waals surface area contributed by atoms with Crippen molar-refractivity contribution in [3.63, 3.8) is 0 Å². The summed E-state index contributed by atoms with van der Waals surface area (Å²) in [6, 6.07) is 0. The van der Waals surface area contributed by atoms with Crippen LogP contribution in [0.5, 0.6) is 0 Å². The van der Waals surface area contributed by atoms with E-state index in [1.807, 2.05) is 32.9 Å². The van der Waals surface area contributed by atoms with Crippen LogP contribution in [0.1, 0.15) is 20.8 Å². The molecule has 0 saturated carbocycles. The molecule has 1 nitrogen and oxygen atoms in total. The molecule has 0 aliphatic heterocycles. The van der Waals surface area contributed by atoms with Gasteiger partial charge in [0.15, 0.2) is 0 Å². The zero-order valence-electron chi connectivity index (χ0n) is 8.12. The van der Waals surface area contributed by atoms with Gasteiger partial charge >= 0.3 is 0 Å². The number of aliphatic hydroxyl groups excluding tert-OH is 1. The molecule has 0 amide bonds. The third-order valence-corrected chi connectivity index (χ3v) is 1.58. The van der Waals surface area contributed by atoms with Gasteiger partial charge in [0, 0.05) is 5.92 Å². The SMILES string of the molecule is C=C[C@@H](C=C(C)C)[C@@H](O)/C=C/C. The molecule has 0 bridgehead atoms. The molecule has 0 heterocycles. The Hall–Kier alpha value is -0.820. The molecule has 0 saturated heterocycles. The van der Waals surface area contributed by atoms with Gasteiger partial charge in [-0.05, 0) is 20.8 Å². The lowest BCUT2D eigenvalue weighted by atomic mass is 10.00. The van der Waals surface area contributed by atoms with Crippen molar-refractivity contribution in [2.24, 2.45) is 5.92 Å². The van der Waals surface area contributed by atoms with Crippen LogP contribution < -0.4 is 0 Å². The second-order valence-corrected chi connectivity index (χ2v) is 3.07. The molecule has 12 heavy (non-hydrogen) atoms. The monoisotopic (exact) mass is 166 g/mol. The average Bonchev–Trinajstić information content (AvgIpc) is 2.00. The molecule has 0 unspecified atom stereocenters. The number of allylic oxidation sites excluding steroid dienone is 2. The van der Waals surface area contributed by atoms with E-state index in [-0.39, 0.29) is 5.92 Å². The standard InChI is InChI=1S/C11H18O/c1-5-7-11(12)10(6-2)8-9(3)4/h5-8,10-12H,2H2,1,3-4H3/b7-5+/t10-,11-/m0/s1. The molecule has 1 heteroatoms. The van der Waals surface area contributed by atoms with Gasteiger partial charge in [-0.3, -0.25) is 0 Å². The number of hydrogen-bond acceptors (Lipinski definition) is 1. The Bertz CT molecular complexity index is 185. The Kier molecular flexibility index (Phi) is 5.39. The quantitative estimate of drug-likeness (QED) is 0.637. The van der Waals surface area contributed by atoms with Crippen LogP contribution in [0.25, 0.3) is 0 Å². The van der Waals surface area contributed by atoms with Crippen LogP contribution in [0, 0.1) is 5.92 Å². The highest BCUT2D eigenvalue weighted by Crippen LogP contribution is 2.11. The largest absolute Gasteiger partial charge is 0.388 e. The summed E-state index contributed by atoms with van der Waals surface area (Å²) >= 11 is 0. The van der Waals surface area contributed by atoms with Crippen molar-refractivity contribution >= 4 is 0 Å². The fraction of sp³-hybridized carbons (Fsp3) is 0.455. The van der Waals surface area contributed by atoms with Crippen LogP contribution in [-0.4, -0.2) is 11.2 Å². The summed E-state index contributed by atoms with van der Waals surface area (Å²) in [4.78, 5) is 0. The second-order valence-electron chi connectivity index (χ2n) is 3.07. The molecule has 0 aliphatic rings. The summed E-state index contributed by atoms with van der Waals surface area (Å²) in [5.74, 6) is 0.0335. The summed E-state index contributed by atoms with van der Waals surface area (Å²) in [6.07, 6.45) is 6.95. The fourth-order valence-corrected chi connectivity index (χ4v) is 1.02. The van der Waals surface area contributed by atoms with E-state index in [1.165, 1.54) is 5.57 Å². The maximum atomic E-state index is 9.56. The van der Waals surface area contributed by atoms with Crippen LogP contribution in [0.4, 0.5) is 0 Å². The van der Waals surface area contributed by atoms with E-state index in [1.54, 1.807) is 12.2 Å². The summed E-state index contributed by atoms with van der Waals surface area (Å²) in [5.41, 5.74) is 1.20. The molecule has 68 valence electrons. The molecular weight excluding hydrogens is 148 g/mol. The van der Waals surface area contributed by atoms with Crippen molar-refractivity contribution in [1.29, 1.82) is 0 Å². The van der Waals surface area contributed by atoms with Gasteiger partial charge < -0.3 is 5.11 Å². The van der Waals surface area contributed by atoms with Crippen LogP contribution in [0.2, 0.25) is 0 Å². The van der Waals surface area contributed by atoms with Crippen molar-refractivity contribution in [3.8, 4) is 0 Å². The van der Waals surface area contributed by atoms with Crippen molar-refractivity contribution < 1.29 is 5.11 Å². The maximum absolute atomic E-state index is 9.56. The van der Waals surface area contributed by atoms with Gasteiger partial charge in [-0.15, -0.1) is 6.58 Å². The molecule has 0 aromatic carbocycles. The minimum Gasteiger partial charge on any atom is -0.388 e. The van der Waals surface area contributed by atoms with Crippen molar-refractivity contribution in [3.05, 3.63) is 36.5 Å². The molecule has 0 aromatic rings. The zero-order valence-corrected chi connectivity index (χ0v) is 8.12. The van der Waals surface area contributed by atoms with Crippen LogP contribution in [-0.2, 0) is 0 Å². The number of aliphatic hydroxyl groups is 1. The van der Waals surface area contributed by atoms with Crippen molar-refractivity contribution in [1.82, 2.24) is 0 Å².